The predicted octanol–water partition coefficient (Wildman–Crippen LogP) is -6.21. The van der Waals surface area contributed by atoms with Gasteiger partial charge in [-0.1, -0.05) is 0 Å². The Bertz CT molecular complexity index is 118. The van der Waals surface area contributed by atoms with Crippen LogP contribution in [0.15, 0.2) is 0 Å². The first-order valence-corrected chi connectivity index (χ1v) is 2.72. The normalized spacial score (nSPS) is 4.69. The molecule has 0 saturated heterocycles. The van der Waals surface area contributed by atoms with Crippen LogP contribution < -0.4 is 15.3 Å². The molecule has 0 saturated carbocycles. The average molecular weight is 370 g/mol. The fraction of sp³-hybridized carbons (Fsp3) is 0.500. The van der Waals surface area contributed by atoms with Gasteiger partial charge in [0.25, 0.3) is 0 Å². The fourth-order valence-electron chi connectivity index (χ4n) is 0. The number of carboxylic acid groups (broad SMARTS) is 3. The van der Waals surface area contributed by atoms with Crippen molar-refractivity contribution in [1.29, 1.82) is 0 Å². The van der Waals surface area contributed by atoms with E-state index in [0.717, 1.165) is 20.8 Å². The molecular weight excluding hydrogens is 355 g/mol. The third-order valence-electron chi connectivity index (χ3n) is 0. The summed E-state index contributed by atoms with van der Waals surface area (Å²) in [5, 5.41) is 26.7. The van der Waals surface area contributed by atoms with E-state index in [1.807, 2.05) is 0 Å². The molecule has 0 heterocycles. The Morgan fingerprint density at radius 2 is 0.625 bits per heavy atom. The second kappa shape index (κ2) is 36.6. The molecule has 0 radical (unpaired) electrons. The summed E-state index contributed by atoms with van der Waals surface area (Å²) < 4.78 is 0. The minimum atomic E-state index is -1.08. The minimum Gasteiger partial charge on any atom is -0.550 e. The molecule has 0 bridgehead atoms. The Balaban J connectivity index is -0.0000000135. The molecule has 10 heteroatoms. The molecule has 0 fully saturated rings. The molecule has 0 aliphatic heterocycles. The summed E-state index contributed by atoms with van der Waals surface area (Å²) in [6.45, 7) is 2.92. The van der Waals surface area contributed by atoms with Crippen LogP contribution in [0.4, 0.5) is 0 Å². The van der Waals surface area contributed by atoms with Gasteiger partial charge < -0.3 is 46.1 Å². The molecule has 0 rings (SSSR count). The molecule has 0 aliphatic rings. The molecule has 16 heavy (non-hydrogen) atoms. The Kier molecular flexibility index (Phi) is 103. The summed E-state index contributed by atoms with van der Waals surface area (Å²) in [5.74, 6) is -3.25. The molecule has 0 aromatic heterocycles. The van der Waals surface area contributed by atoms with E-state index in [9.17, 15) is 0 Å². The maximum Gasteiger partial charge on any atom is 3.00 e. The number of carbonyl (C=O) groups is 3. The summed E-state index contributed by atoms with van der Waals surface area (Å²) in [6, 6.07) is 0. The van der Waals surface area contributed by atoms with Crippen molar-refractivity contribution in [2.24, 2.45) is 0 Å². The number of carbonyl (C=O) groups excluding carboxylic acids is 3. The van der Waals surface area contributed by atoms with Crippen LogP contribution in [0.2, 0.25) is 0 Å². The molecule has 0 spiro atoms. The topological polar surface area (TPSA) is 215 Å². The van der Waals surface area contributed by atoms with E-state index in [2.05, 4.69) is 0 Å². The Morgan fingerprint density at radius 1 is 0.625 bits per heavy atom. The van der Waals surface area contributed by atoms with Crippen LogP contribution in [0.5, 0.6) is 0 Å². The molecular formula is C6H15LaO9. The fourth-order valence-corrected chi connectivity index (χ4v) is 0. The van der Waals surface area contributed by atoms with Crippen molar-refractivity contribution in [3.63, 3.8) is 0 Å². The molecule has 0 aliphatic carbocycles. The maximum absolute atomic E-state index is 8.89. The van der Waals surface area contributed by atoms with Gasteiger partial charge in [-0.2, -0.15) is 0 Å². The van der Waals surface area contributed by atoms with Crippen molar-refractivity contribution >= 4 is 17.9 Å². The summed E-state index contributed by atoms with van der Waals surface area (Å²) in [6.07, 6.45) is 0. The Hall–Kier alpha value is -0.515. The number of rotatable bonds is 0. The van der Waals surface area contributed by atoms with Gasteiger partial charge in [-0.05, 0) is 20.8 Å². The van der Waals surface area contributed by atoms with Gasteiger partial charge in [0.05, 0.1) is 0 Å². The standard InChI is InChI=1S/3C2H4O2.La.3H2O/c3*1-2(3)4;;;;/h3*1H3,(H,3,4);;3*1H2/q;;;+3;;;/p-3. The van der Waals surface area contributed by atoms with E-state index < -0.39 is 17.9 Å². The van der Waals surface area contributed by atoms with Crippen molar-refractivity contribution in [2.75, 3.05) is 0 Å². The zero-order valence-corrected chi connectivity index (χ0v) is 12.7. The van der Waals surface area contributed by atoms with Crippen LogP contribution in [0.1, 0.15) is 20.8 Å². The molecule has 0 amide bonds. The largest absolute Gasteiger partial charge is 3.00 e. The van der Waals surface area contributed by atoms with E-state index in [4.69, 9.17) is 29.7 Å². The van der Waals surface area contributed by atoms with Crippen molar-refractivity contribution < 1.29 is 81.7 Å². The summed E-state index contributed by atoms with van der Waals surface area (Å²) in [4.78, 5) is 26.7. The van der Waals surface area contributed by atoms with E-state index >= 15 is 0 Å². The summed E-state index contributed by atoms with van der Waals surface area (Å²) in [7, 11) is 0. The number of aliphatic carboxylic acids is 3. The smallest absolute Gasteiger partial charge is 0.550 e. The van der Waals surface area contributed by atoms with Gasteiger partial charge in [-0.15, -0.1) is 0 Å². The van der Waals surface area contributed by atoms with Crippen molar-refractivity contribution in [2.45, 2.75) is 20.8 Å². The molecule has 0 aromatic carbocycles. The van der Waals surface area contributed by atoms with Crippen molar-refractivity contribution in [1.82, 2.24) is 0 Å². The molecule has 0 atom stereocenters. The van der Waals surface area contributed by atoms with Gasteiger partial charge in [0.2, 0.25) is 0 Å². The molecule has 6 N–H and O–H groups in total. The summed E-state index contributed by atoms with van der Waals surface area (Å²) >= 11 is 0. The van der Waals surface area contributed by atoms with Gasteiger partial charge in [0.1, 0.15) is 0 Å². The van der Waals surface area contributed by atoms with Gasteiger partial charge in [-0.25, -0.2) is 0 Å². The van der Waals surface area contributed by atoms with Crippen LogP contribution in [0.3, 0.4) is 0 Å². The van der Waals surface area contributed by atoms with E-state index in [1.165, 1.54) is 0 Å². The monoisotopic (exact) mass is 370 g/mol. The number of hydrogen-bond acceptors (Lipinski definition) is 6. The average Bonchev–Trinajstić information content (AvgIpc) is 1.54. The van der Waals surface area contributed by atoms with E-state index in [0.29, 0.717) is 0 Å². The number of carboxylic acids is 3. The van der Waals surface area contributed by atoms with Crippen LogP contribution in [-0.4, -0.2) is 34.3 Å². The van der Waals surface area contributed by atoms with Gasteiger partial charge in [0, 0.05) is 17.9 Å². The Morgan fingerprint density at radius 3 is 0.625 bits per heavy atom. The SMILES string of the molecule is CC(=O)[O-].CC(=O)[O-].CC(=O)[O-].O.O.O.[La+3]. The van der Waals surface area contributed by atoms with Crippen molar-refractivity contribution in [3.05, 3.63) is 0 Å². The van der Waals surface area contributed by atoms with Gasteiger partial charge in [0.15, 0.2) is 0 Å². The Labute approximate surface area is 120 Å². The summed E-state index contributed by atoms with van der Waals surface area (Å²) in [5.41, 5.74) is 0. The first-order valence-electron chi connectivity index (χ1n) is 2.72. The quantitative estimate of drug-likeness (QED) is 0.404. The third kappa shape index (κ3) is 7920. The molecule has 96 valence electrons. The van der Waals surface area contributed by atoms with Crippen LogP contribution >= 0.6 is 0 Å². The van der Waals surface area contributed by atoms with Crippen LogP contribution in [0.25, 0.3) is 0 Å². The van der Waals surface area contributed by atoms with Gasteiger partial charge >= 0.3 is 35.6 Å². The van der Waals surface area contributed by atoms with Crippen molar-refractivity contribution in [3.8, 4) is 0 Å². The predicted molar refractivity (Wildman–Crippen MR) is 42.9 cm³/mol. The molecule has 0 unspecified atom stereocenters. The second-order valence-corrected chi connectivity index (χ2v) is 1.47. The third-order valence-corrected chi connectivity index (χ3v) is 0. The van der Waals surface area contributed by atoms with Crippen LogP contribution in [0, 0.1) is 35.6 Å². The van der Waals surface area contributed by atoms with Crippen LogP contribution in [-0.2, 0) is 14.4 Å². The first kappa shape index (κ1) is 45.1. The zero-order chi connectivity index (χ0) is 10.7. The first-order chi connectivity index (χ1) is 5.20. The minimum absolute atomic E-state index is 0. The van der Waals surface area contributed by atoms with E-state index in [-0.39, 0.29) is 52.0 Å². The molecule has 9 nitrogen and oxygen atoms in total. The molecule has 0 aromatic rings. The maximum atomic E-state index is 8.89. The zero-order valence-electron chi connectivity index (χ0n) is 9.03. The second-order valence-electron chi connectivity index (χ2n) is 1.47. The van der Waals surface area contributed by atoms with Gasteiger partial charge in [-0.3, -0.25) is 0 Å². The number of hydrogen-bond donors (Lipinski definition) is 0. The van der Waals surface area contributed by atoms with E-state index in [1.54, 1.807) is 0 Å².